The van der Waals surface area contributed by atoms with Gasteiger partial charge in [0.1, 0.15) is 21.2 Å². The highest BCUT2D eigenvalue weighted by atomic mass is 32.2. The Morgan fingerprint density at radius 1 is 0.896 bits per heavy atom. The van der Waals surface area contributed by atoms with E-state index in [1.165, 1.54) is 6.26 Å². The van der Waals surface area contributed by atoms with Crippen molar-refractivity contribution in [1.82, 2.24) is 14.4 Å². The Morgan fingerprint density at radius 2 is 1.58 bits per heavy atom. The molecule has 0 bridgehead atoms. The van der Waals surface area contributed by atoms with Gasteiger partial charge in [0.15, 0.2) is 0 Å². The Labute approximate surface area is 284 Å². The van der Waals surface area contributed by atoms with E-state index >= 15 is 0 Å². The lowest BCUT2D eigenvalue weighted by Crippen LogP contribution is -2.57. The molecule has 1 aliphatic heterocycles. The smallest absolute Gasteiger partial charge is 0.410 e. The number of piperazine rings is 1. The molecule has 3 aromatic carbocycles. The summed E-state index contributed by atoms with van der Waals surface area (Å²) in [6.07, 6.45) is 1.82. The van der Waals surface area contributed by atoms with Crippen LogP contribution in [0.5, 0.6) is 5.75 Å². The summed E-state index contributed by atoms with van der Waals surface area (Å²) < 4.78 is 36.8. The van der Waals surface area contributed by atoms with Crippen LogP contribution >= 0.6 is 0 Å². The van der Waals surface area contributed by atoms with Crippen molar-refractivity contribution in [3.63, 3.8) is 0 Å². The molecule has 2 amide bonds. The van der Waals surface area contributed by atoms with Gasteiger partial charge in [-0.2, -0.15) is 0 Å². The van der Waals surface area contributed by atoms with E-state index in [2.05, 4.69) is 4.57 Å². The van der Waals surface area contributed by atoms with Crippen molar-refractivity contribution in [2.75, 3.05) is 38.2 Å². The number of aromatic nitrogens is 1. The van der Waals surface area contributed by atoms with Gasteiger partial charge in [-0.1, -0.05) is 66.7 Å². The molecule has 0 radical (unpaired) electrons. The van der Waals surface area contributed by atoms with Crippen molar-refractivity contribution < 1.29 is 27.5 Å². The Kier molecular flexibility index (Phi) is 10.6. The van der Waals surface area contributed by atoms with E-state index in [-0.39, 0.29) is 30.4 Å². The number of carbonyl (C=O) groups is 2. The predicted octanol–water partition coefficient (Wildman–Crippen LogP) is 6.57. The zero-order chi connectivity index (χ0) is 34.5. The molecule has 1 atom stereocenters. The number of hydrogen-bond donors (Lipinski definition) is 0. The zero-order valence-electron chi connectivity index (χ0n) is 28.4. The zero-order valence-corrected chi connectivity index (χ0v) is 29.2. The average molecular weight is 672 g/mol. The quantitative estimate of drug-likeness (QED) is 0.177. The molecule has 10 heteroatoms. The van der Waals surface area contributed by atoms with Crippen molar-refractivity contribution in [2.45, 2.75) is 52.2 Å². The van der Waals surface area contributed by atoms with Crippen LogP contribution in [0.15, 0.2) is 91.0 Å². The van der Waals surface area contributed by atoms with E-state index in [0.29, 0.717) is 43.8 Å². The molecule has 0 aliphatic carbocycles. The molecule has 1 aliphatic rings. The van der Waals surface area contributed by atoms with E-state index in [9.17, 15) is 18.0 Å². The monoisotopic (exact) mass is 671 g/mol. The number of benzene rings is 3. The van der Waals surface area contributed by atoms with Crippen LogP contribution in [0, 0.1) is 6.92 Å². The first-order valence-electron chi connectivity index (χ1n) is 16.3. The number of carbonyl (C=O) groups excluding carboxylic acids is 2. The van der Waals surface area contributed by atoms with E-state index in [1.807, 2.05) is 124 Å². The molecule has 9 nitrogen and oxygen atoms in total. The molecule has 254 valence electrons. The second kappa shape index (κ2) is 14.7. The summed E-state index contributed by atoms with van der Waals surface area (Å²) in [6, 6.07) is 29.1. The molecule has 48 heavy (non-hydrogen) atoms. The van der Waals surface area contributed by atoms with Crippen LogP contribution in [0.25, 0.3) is 16.9 Å². The standard InChI is InChI=1S/C38H45N3O6S/c1-28-24-34(36(42)40-21-20-39(37(43)47-38(2,3)4)27-32(40)25-29-14-8-6-9-15-29)35(30-16-10-7-11-17-30)41(28)31-18-12-19-33(26-31)46-22-13-23-48(5,44)45/h6-12,14-19,24,26,32H,13,20-23,25,27H2,1-5H3/t32-/m1/s1. The highest BCUT2D eigenvalue weighted by Gasteiger charge is 2.36. The van der Waals surface area contributed by atoms with Gasteiger partial charge < -0.3 is 23.8 Å². The number of hydrogen-bond acceptors (Lipinski definition) is 6. The maximum Gasteiger partial charge on any atom is 0.410 e. The average Bonchev–Trinajstić information content (AvgIpc) is 3.39. The van der Waals surface area contributed by atoms with E-state index in [4.69, 9.17) is 9.47 Å². The molecule has 4 aromatic rings. The van der Waals surface area contributed by atoms with Crippen LogP contribution in [0.4, 0.5) is 4.79 Å². The first-order valence-corrected chi connectivity index (χ1v) is 18.4. The van der Waals surface area contributed by atoms with Gasteiger partial charge in [-0.15, -0.1) is 0 Å². The predicted molar refractivity (Wildman–Crippen MR) is 189 cm³/mol. The molecule has 2 heterocycles. The summed E-state index contributed by atoms with van der Waals surface area (Å²) >= 11 is 0. The van der Waals surface area contributed by atoms with Crippen LogP contribution in [0.3, 0.4) is 0 Å². The maximum atomic E-state index is 14.7. The Morgan fingerprint density at radius 3 is 2.25 bits per heavy atom. The summed E-state index contributed by atoms with van der Waals surface area (Å²) in [7, 11) is -3.07. The van der Waals surface area contributed by atoms with Crippen LogP contribution in [-0.2, 0) is 21.0 Å². The summed E-state index contributed by atoms with van der Waals surface area (Å²) in [5, 5.41) is 0. The molecule has 1 saturated heterocycles. The molecular weight excluding hydrogens is 627 g/mol. The fourth-order valence-electron chi connectivity index (χ4n) is 6.07. The summed E-state index contributed by atoms with van der Waals surface area (Å²) in [5.41, 5.74) is 4.38. The lowest BCUT2D eigenvalue weighted by molar-refractivity contribution is 0.00440. The minimum atomic E-state index is -3.07. The highest BCUT2D eigenvalue weighted by Crippen LogP contribution is 2.34. The van der Waals surface area contributed by atoms with Crippen molar-refractivity contribution in [1.29, 1.82) is 0 Å². The summed E-state index contributed by atoms with van der Waals surface area (Å²) in [4.78, 5) is 31.5. The lowest BCUT2D eigenvalue weighted by Gasteiger charge is -2.42. The molecule has 0 spiro atoms. The fourth-order valence-corrected chi connectivity index (χ4v) is 6.71. The summed E-state index contributed by atoms with van der Waals surface area (Å²) in [6.45, 7) is 8.89. The van der Waals surface area contributed by atoms with Crippen molar-refractivity contribution in [3.05, 3.63) is 108 Å². The van der Waals surface area contributed by atoms with Gasteiger partial charge in [0.2, 0.25) is 0 Å². The number of sulfone groups is 1. The highest BCUT2D eigenvalue weighted by molar-refractivity contribution is 7.90. The minimum absolute atomic E-state index is 0.0598. The number of nitrogens with zero attached hydrogens (tertiary/aromatic N) is 3. The van der Waals surface area contributed by atoms with Gasteiger partial charge in [0.25, 0.3) is 5.91 Å². The fraction of sp³-hybridized carbons (Fsp3) is 0.368. The van der Waals surface area contributed by atoms with Gasteiger partial charge >= 0.3 is 6.09 Å². The van der Waals surface area contributed by atoms with Crippen LogP contribution < -0.4 is 4.74 Å². The topological polar surface area (TPSA) is 98.2 Å². The van der Waals surface area contributed by atoms with Gasteiger partial charge in [-0.25, -0.2) is 13.2 Å². The van der Waals surface area contributed by atoms with Crippen LogP contribution in [0.2, 0.25) is 0 Å². The second-order valence-corrected chi connectivity index (χ2v) is 15.6. The SMILES string of the molecule is Cc1cc(C(=O)N2CCN(C(=O)OC(C)(C)C)C[C@H]2Cc2ccccc2)c(-c2ccccc2)n1-c1cccc(OCCCS(C)(=O)=O)c1. The Hall–Kier alpha value is -4.57. The van der Waals surface area contributed by atoms with Crippen LogP contribution in [-0.4, -0.2) is 84.7 Å². The lowest BCUT2D eigenvalue weighted by atomic mass is 10.00. The Balaban J connectivity index is 1.50. The van der Waals surface area contributed by atoms with Gasteiger partial charge in [0.05, 0.1) is 29.7 Å². The van der Waals surface area contributed by atoms with E-state index < -0.39 is 15.4 Å². The number of rotatable bonds is 10. The first kappa shape index (κ1) is 34.8. The van der Waals surface area contributed by atoms with Crippen molar-refractivity contribution in [3.8, 4) is 22.7 Å². The van der Waals surface area contributed by atoms with E-state index in [1.54, 1.807) is 4.90 Å². The molecule has 0 saturated carbocycles. The molecule has 1 aromatic heterocycles. The minimum Gasteiger partial charge on any atom is -0.493 e. The third-order valence-electron chi connectivity index (χ3n) is 8.18. The van der Waals surface area contributed by atoms with Gasteiger partial charge in [-0.3, -0.25) is 4.79 Å². The largest absolute Gasteiger partial charge is 0.493 e. The number of aryl methyl sites for hydroxylation is 1. The Bertz CT molecular complexity index is 1830. The third-order valence-corrected chi connectivity index (χ3v) is 9.21. The molecule has 1 fully saturated rings. The van der Waals surface area contributed by atoms with Gasteiger partial charge in [-0.05, 0) is 69.9 Å². The van der Waals surface area contributed by atoms with Gasteiger partial charge in [0, 0.05) is 43.3 Å². The number of ether oxygens (including phenoxy) is 2. The maximum absolute atomic E-state index is 14.7. The normalized spacial score (nSPS) is 15.3. The number of amides is 2. The van der Waals surface area contributed by atoms with Crippen molar-refractivity contribution >= 4 is 21.8 Å². The second-order valence-electron chi connectivity index (χ2n) is 13.3. The third kappa shape index (κ3) is 8.86. The molecule has 0 unspecified atom stereocenters. The van der Waals surface area contributed by atoms with Crippen molar-refractivity contribution in [2.24, 2.45) is 0 Å². The van der Waals surface area contributed by atoms with E-state index in [0.717, 1.165) is 28.2 Å². The molecular formula is C38H45N3O6S. The summed E-state index contributed by atoms with van der Waals surface area (Å²) in [5.74, 6) is 0.570. The molecule has 5 rings (SSSR count). The molecule has 0 N–H and O–H groups in total. The first-order chi connectivity index (χ1) is 22.8. The van der Waals surface area contributed by atoms with Crippen LogP contribution in [0.1, 0.15) is 48.8 Å².